The molecule has 0 N–H and O–H groups in total. The summed E-state index contributed by atoms with van der Waals surface area (Å²) >= 11 is 3.19. The summed E-state index contributed by atoms with van der Waals surface area (Å²) in [5.41, 5.74) is 2.25. The Balaban J connectivity index is 2.08. The van der Waals surface area contributed by atoms with E-state index in [4.69, 9.17) is 4.98 Å². The Hall–Kier alpha value is -1.66. The SMILES string of the molecule is Cc1sc2nc(SCc3cccnc3)n(C(C)C)c(=O)c2c1C. The molecule has 3 heterocycles. The zero-order chi connectivity index (χ0) is 16.6. The molecule has 0 saturated carbocycles. The molecule has 23 heavy (non-hydrogen) atoms. The minimum Gasteiger partial charge on any atom is -0.284 e. The summed E-state index contributed by atoms with van der Waals surface area (Å²) in [7, 11) is 0. The number of hydrogen-bond donors (Lipinski definition) is 0. The summed E-state index contributed by atoms with van der Waals surface area (Å²) in [6, 6.07) is 4.04. The van der Waals surface area contributed by atoms with Crippen LogP contribution in [0.15, 0.2) is 34.5 Å². The zero-order valence-electron chi connectivity index (χ0n) is 13.7. The van der Waals surface area contributed by atoms with Crippen LogP contribution in [-0.2, 0) is 5.75 Å². The zero-order valence-corrected chi connectivity index (χ0v) is 15.3. The van der Waals surface area contributed by atoms with Crippen molar-refractivity contribution in [3.05, 3.63) is 50.9 Å². The highest BCUT2D eigenvalue weighted by atomic mass is 32.2. The Labute approximate surface area is 143 Å². The molecule has 0 atom stereocenters. The van der Waals surface area contributed by atoms with Crippen molar-refractivity contribution < 1.29 is 0 Å². The predicted octanol–water partition coefficient (Wildman–Crippen LogP) is 4.34. The van der Waals surface area contributed by atoms with E-state index in [1.54, 1.807) is 29.3 Å². The van der Waals surface area contributed by atoms with Gasteiger partial charge in [-0.1, -0.05) is 17.8 Å². The van der Waals surface area contributed by atoms with Gasteiger partial charge in [-0.2, -0.15) is 0 Å². The van der Waals surface area contributed by atoms with Crippen molar-refractivity contribution in [1.29, 1.82) is 0 Å². The Morgan fingerprint density at radius 3 is 2.78 bits per heavy atom. The second-order valence-electron chi connectivity index (χ2n) is 5.78. The average molecular weight is 345 g/mol. The van der Waals surface area contributed by atoms with Gasteiger partial charge in [0.15, 0.2) is 5.16 Å². The fourth-order valence-electron chi connectivity index (χ4n) is 2.48. The number of pyridine rings is 1. The third-order valence-electron chi connectivity index (χ3n) is 3.81. The lowest BCUT2D eigenvalue weighted by Crippen LogP contribution is -2.24. The van der Waals surface area contributed by atoms with Gasteiger partial charge in [0.05, 0.1) is 5.39 Å². The van der Waals surface area contributed by atoms with E-state index in [0.29, 0.717) is 0 Å². The van der Waals surface area contributed by atoms with Gasteiger partial charge in [-0.3, -0.25) is 14.3 Å². The quantitative estimate of drug-likeness (QED) is 0.521. The molecule has 6 heteroatoms. The van der Waals surface area contributed by atoms with Crippen molar-refractivity contribution in [1.82, 2.24) is 14.5 Å². The van der Waals surface area contributed by atoms with Crippen molar-refractivity contribution in [2.45, 2.75) is 44.6 Å². The molecule has 0 aliphatic rings. The molecule has 0 spiro atoms. The standard InChI is InChI=1S/C17H19N3OS2/c1-10(2)20-16(21)14-11(3)12(4)23-15(14)19-17(20)22-9-13-6-5-7-18-8-13/h5-8,10H,9H2,1-4H3. The highest BCUT2D eigenvalue weighted by Crippen LogP contribution is 2.30. The lowest BCUT2D eigenvalue weighted by molar-refractivity contribution is 0.519. The summed E-state index contributed by atoms with van der Waals surface area (Å²) in [5, 5.41) is 1.55. The van der Waals surface area contributed by atoms with Gasteiger partial charge in [-0.15, -0.1) is 11.3 Å². The molecule has 3 aromatic heterocycles. The molecule has 0 aliphatic heterocycles. The normalized spacial score (nSPS) is 11.5. The van der Waals surface area contributed by atoms with Crippen LogP contribution < -0.4 is 5.56 Å². The minimum atomic E-state index is 0.0699. The summed E-state index contributed by atoms with van der Waals surface area (Å²) < 4.78 is 1.81. The third kappa shape index (κ3) is 3.05. The first-order valence-corrected chi connectivity index (χ1v) is 9.33. The first-order valence-electron chi connectivity index (χ1n) is 7.53. The molecule has 0 bridgehead atoms. The van der Waals surface area contributed by atoms with E-state index in [1.807, 2.05) is 50.6 Å². The molecule has 4 nitrogen and oxygen atoms in total. The van der Waals surface area contributed by atoms with E-state index in [9.17, 15) is 4.79 Å². The van der Waals surface area contributed by atoms with Gasteiger partial charge in [0.2, 0.25) is 0 Å². The smallest absolute Gasteiger partial charge is 0.263 e. The number of thiophene rings is 1. The summed E-state index contributed by atoms with van der Waals surface area (Å²) in [6.45, 7) is 8.10. The second-order valence-corrected chi connectivity index (χ2v) is 7.92. The van der Waals surface area contributed by atoms with Crippen molar-refractivity contribution in [3.8, 4) is 0 Å². The average Bonchev–Trinajstić information content (AvgIpc) is 2.80. The van der Waals surface area contributed by atoms with Crippen molar-refractivity contribution in [3.63, 3.8) is 0 Å². The molecule has 0 radical (unpaired) electrons. The number of thioether (sulfide) groups is 1. The molecule has 3 rings (SSSR count). The molecular weight excluding hydrogens is 326 g/mol. The van der Waals surface area contributed by atoms with Crippen LogP contribution in [0.3, 0.4) is 0 Å². The van der Waals surface area contributed by atoms with Gasteiger partial charge in [-0.25, -0.2) is 4.98 Å². The number of aromatic nitrogens is 3. The van der Waals surface area contributed by atoms with Crippen LogP contribution >= 0.6 is 23.1 Å². The monoisotopic (exact) mass is 345 g/mol. The first kappa shape index (κ1) is 16.2. The van der Waals surface area contributed by atoms with Crippen LogP contribution in [0.1, 0.15) is 35.9 Å². The third-order valence-corrected chi connectivity index (χ3v) is 5.93. The minimum absolute atomic E-state index is 0.0699. The fourth-order valence-corrected chi connectivity index (χ4v) is 4.61. The first-order chi connectivity index (χ1) is 11.0. The van der Waals surface area contributed by atoms with Gasteiger partial charge in [0, 0.05) is 29.1 Å². The Morgan fingerprint density at radius 1 is 1.35 bits per heavy atom. The van der Waals surface area contributed by atoms with E-state index in [-0.39, 0.29) is 11.6 Å². The van der Waals surface area contributed by atoms with Crippen molar-refractivity contribution in [2.24, 2.45) is 0 Å². The summed E-state index contributed by atoms with van der Waals surface area (Å²) in [4.78, 5) is 23.9. The largest absolute Gasteiger partial charge is 0.284 e. The molecule has 0 amide bonds. The highest BCUT2D eigenvalue weighted by Gasteiger charge is 2.18. The maximum absolute atomic E-state index is 12.9. The molecule has 3 aromatic rings. The van der Waals surface area contributed by atoms with Crippen LogP contribution in [0, 0.1) is 13.8 Å². The topological polar surface area (TPSA) is 47.8 Å². The molecule has 0 aliphatic carbocycles. The van der Waals surface area contributed by atoms with E-state index >= 15 is 0 Å². The van der Waals surface area contributed by atoms with Gasteiger partial charge in [0.25, 0.3) is 5.56 Å². The number of rotatable bonds is 4. The fraction of sp³-hybridized carbons (Fsp3) is 0.353. The Bertz CT molecular complexity index is 898. The number of hydrogen-bond acceptors (Lipinski definition) is 5. The van der Waals surface area contributed by atoms with E-state index < -0.39 is 0 Å². The maximum Gasteiger partial charge on any atom is 0.263 e. The van der Waals surface area contributed by atoms with Crippen LogP contribution in [0.4, 0.5) is 0 Å². The van der Waals surface area contributed by atoms with Crippen LogP contribution in [-0.4, -0.2) is 14.5 Å². The van der Waals surface area contributed by atoms with Gasteiger partial charge >= 0.3 is 0 Å². The number of aryl methyl sites for hydroxylation is 2. The molecular formula is C17H19N3OS2. The van der Waals surface area contributed by atoms with Crippen LogP contribution in [0.25, 0.3) is 10.2 Å². The molecule has 0 aromatic carbocycles. The Kier molecular flexibility index (Phi) is 4.55. The van der Waals surface area contributed by atoms with Crippen LogP contribution in [0.5, 0.6) is 0 Å². The Morgan fingerprint density at radius 2 is 2.13 bits per heavy atom. The van der Waals surface area contributed by atoms with E-state index in [2.05, 4.69) is 4.98 Å². The lowest BCUT2D eigenvalue weighted by atomic mass is 10.2. The van der Waals surface area contributed by atoms with Crippen LogP contribution in [0.2, 0.25) is 0 Å². The van der Waals surface area contributed by atoms with Gasteiger partial charge in [-0.05, 0) is 44.9 Å². The number of fused-ring (bicyclic) bond motifs is 1. The second kappa shape index (κ2) is 6.45. The summed E-state index contributed by atoms with van der Waals surface area (Å²) in [6.07, 6.45) is 3.61. The van der Waals surface area contributed by atoms with Crippen molar-refractivity contribution >= 4 is 33.3 Å². The molecule has 0 saturated heterocycles. The highest BCUT2D eigenvalue weighted by molar-refractivity contribution is 7.98. The van der Waals surface area contributed by atoms with E-state index in [0.717, 1.165) is 37.1 Å². The molecule has 0 unspecified atom stereocenters. The number of nitrogens with zero attached hydrogens (tertiary/aromatic N) is 3. The predicted molar refractivity (Wildman–Crippen MR) is 97.5 cm³/mol. The lowest BCUT2D eigenvalue weighted by Gasteiger charge is -2.15. The van der Waals surface area contributed by atoms with Gasteiger partial charge < -0.3 is 0 Å². The molecule has 0 fully saturated rings. The van der Waals surface area contributed by atoms with Gasteiger partial charge in [0.1, 0.15) is 4.83 Å². The van der Waals surface area contributed by atoms with E-state index in [1.165, 1.54) is 0 Å². The maximum atomic E-state index is 12.9. The molecule has 120 valence electrons. The summed E-state index contributed by atoms with van der Waals surface area (Å²) in [5.74, 6) is 0.752. The van der Waals surface area contributed by atoms with Crippen molar-refractivity contribution in [2.75, 3.05) is 0 Å².